The van der Waals surface area contributed by atoms with Crippen molar-refractivity contribution < 1.29 is 9.53 Å². The van der Waals surface area contributed by atoms with Gasteiger partial charge in [-0.1, -0.05) is 18.2 Å². The molecule has 112 valence electrons. The first-order chi connectivity index (χ1) is 10.0. The molecule has 2 aromatic rings. The second-order valence-corrected chi connectivity index (χ2v) is 4.91. The number of amides is 1. The molecule has 0 saturated carbocycles. The smallest absolute Gasteiger partial charge is 0.274 e. The van der Waals surface area contributed by atoms with Gasteiger partial charge in [-0.25, -0.2) is 0 Å². The van der Waals surface area contributed by atoms with Crippen molar-refractivity contribution in [2.45, 2.75) is 6.92 Å². The second kappa shape index (κ2) is 6.30. The molecule has 2 N–H and O–H groups in total. The molecule has 0 aliphatic rings. The Morgan fingerprint density at radius 2 is 2.14 bits per heavy atom. The van der Waals surface area contributed by atoms with E-state index in [9.17, 15) is 4.79 Å². The lowest BCUT2D eigenvalue weighted by molar-refractivity contribution is 0.0764. The van der Waals surface area contributed by atoms with Crippen LogP contribution in [0.3, 0.4) is 0 Å². The van der Waals surface area contributed by atoms with E-state index >= 15 is 0 Å². The lowest BCUT2D eigenvalue weighted by Gasteiger charge is -2.18. The number of hydrogen-bond acceptors (Lipinski definition) is 4. The second-order valence-electron chi connectivity index (χ2n) is 4.91. The van der Waals surface area contributed by atoms with Gasteiger partial charge in [0, 0.05) is 14.1 Å². The van der Waals surface area contributed by atoms with Crippen LogP contribution in [0.1, 0.15) is 16.1 Å². The van der Waals surface area contributed by atoms with E-state index in [1.807, 2.05) is 31.2 Å². The van der Waals surface area contributed by atoms with E-state index in [1.165, 1.54) is 10.9 Å². The van der Waals surface area contributed by atoms with Crippen molar-refractivity contribution in [1.82, 2.24) is 14.7 Å². The molecule has 2 rings (SSSR count). The number of aromatic nitrogens is 2. The summed E-state index contributed by atoms with van der Waals surface area (Å²) in [6.07, 6.45) is 1.48. The van der Waals surface area contributed by atoms with Crippen molar-refractivity contribution in [1.29, 1.82) is 0 Å². The van der Waals surface area contributed by atoms with Gasteiger partial charge in [0.05, 0.1) is 18.4 Å². The van der Waals surface area contributed by atoms with Crippen LogP contribution < -0.4 is 10.5 Å². The Balaban J connectivity index is 1.92. The highest BCUT2D eigenvalue weighted by molar-refractivity contribution is 5.97. The monoisotopic (exact) mass is 288 g/mol. The average Bonchev–Trinajstić information content (AvgIpc) is 2.79. The number of benzene rings is 1. The molecule has 0 fully saturated rings. The fourth-order valence-electron chi connectivity index (χ4n) is 2.01. The number of rotatable bonds is 5. The zero-order valence-corrected chi connectivity index (χ0v) is 12.5. The Morgan fingerprint density at radius 3 is 2.76 bits per heavy atom. The zero-order chi connectivity index (χ0) is 15.4. The van der Waals surface area contributed by atoms with Crippen molar-refractivity contribution in [3.05, 3.63) is 41.7 Å². The molecule has 21 heavy (non-hydrogen) atoms. The maximum atomic E-state index is 12.3. The van der Waals surface area contributed by atoms with E-state index in [1.54, 1.807) is 19.0 Å². The first-order valence-electron chi connectivity index (χ1n) is 6.72. The summed E-state index contributed by atoms with van der Waals surface area (Å²) in [5, 5.41) is 3.97. The maximum absolute atomic E-state index is 12.3. The van der Waals surface area contributed by atoms with Crippen molar-refractivity contribution in [2.24, 2.45) is 7.05 Å². The Morgan fingerprint density at radius 1 is 1.43 bits per heavy atom. The molecule has 0 unspecified atom stereocenters. The van der Waals surface area contributed by atoms with Crippen LogP contribution in [-0.4, -0.2) is 40.8 Å². The molecule has 6 nitrogen and oxygen atoms in total. The Kier molecular flexibility index (Phi) is 4.47. The zero-order valence-electron chi connectivity index (χ0n) is 12.5. The van der Waals surface area contributed by atoms with Gasteiger partial charge in [-0.05, 0) is 18.6 Å². The van der Waals surface area contributed by atoms with Gasteiger partial charge in [-0.3, -0.25) is 9.48 Å². The number of carbonyl (C=O) groups is 1. The highest BCUT2D eigenvalue weighted by Gasteiger charge is 2.18. The summed E-state index contributed by atoms with van der Waals surface area (Å²) in [7, 11) is 3.41. The third-order valence-corrected chi connectivity index (χ3v) is 3.29. The van der Waals surface area contributed by atoms with Crippen LogP contribution in [0.15, 0.2) is 30.5 Å². The van der Waals surface area contributed by atoms with Crippen molar-refractivity contribution in [3.8, 4) is 5.75 Å². The number of nitrogens with two attached hydrogens (primary N) is 1. The van der Waals surface area contributed by atoms with E-state index in [0.717, 1.165) is 11.3 Å². The van der Waals surface area contributed by atoms with Gasteiger partial charge in [-0.2, -0.15) is 5.10 Å². The minimum atomic E-state index is -0.166. The number of para-hydroxylation sites is 1. The van der Waals surface area contributed by atoms with Crippen LogP contribution in [0.4, 0.5) is 5.69 Å². The molecule has 6 heteroatoms. The topological polar surface area (TPSA) is 73.4 Å². The SMILES string of the molecule is Cc1ccccc1OCCN(C)C(=O)c1c(N)cnn1C. The number of likely N-dealkylation sites (N-methyl/N-ethyl adjacent to an activating group) is 1. The van der Waals surface area contributed by atoms with Crippen LogP contribution in [0.5, 0.6) is 5.75 Å². The van der Waals surface area contributed by atoms with Crippen LogP contribution in [-0.2, 0) is 7.05 Å². The highest BCUT2D eigenvalue weighted by Crippen LogP contribution is 2.16. The quantitative estimate of drug-likeness (QED) is 0.904. The number of hydrogen-bond donors (Lipinski definition) is 1. The molecular formula is C15H20N4O2. The number of aryl methyl sites for hydroxylation is 2. The van der Waals surface area contributed by atoms with Gasteiger partial charge in [0.15, 0.2) is 0 Å². The summed E-state index contributed by atoms with van der Waals surface area (Å²) in [5.41, 5.74) is 7.61. The van der Waals surface area contributed by atoms with Crippen molar-refractivity contribution >= 4 is 11.6 Å². The van der Waals surface area contributed by atoms with E-state index in [2.05, 4.69) is 5.10 Å². The lowest BCUT2D eigenvalue weighted by Crippen LogP contribution is -2.32. The average molecular weight is 288 g/mol. The Labute approximate surface area is 124 Å². The summed E-state index contributed by atoms with van der Waals surface area (Å²) in [5.74, 6) is 0.666. The molecule has 1 aromatic heterocycles. The predicted octanol–water partition coefficient (Wildman–Crippen LogP) is 1.46. The normalized spacial score (nSPS) is 10.4. The molecule has 1 heterocycles. The van der Waals surface area contributed by atoms with Crippen LogP contribution in [0, 0.1) is 6.92 Å². The van der Waals surface area contributed by atoms with Crippen LogP contribution >= 0.6 is 0 Å². The largest absolute Gasteiger partial charge is 0.491 e. The molecule has 0 spiro atoms. The molecule has 1 amide bonds. The molecule has 0 radical (unpaired) electrons. The van der Waals surface area contributed by atoms with Crippen LogP contribution in [0.2, 0.25) is 0 Å². The minimum Gasteiger partial charge on any atom is -0.491 e. The molecule has 0 aliphatic heterocycles. The number of ether oxygens (including phenoxy) is 1. The van der Waals surface area contributed by atoms with E-state index in [0.29, 0.717) is 24.5 Å². The van der Waals surface area contributed by atoms with Crippen molar-refractivity contribution in [2.75, 3.05) is 25.9 Å². The van der Waals surface area contributed by atoms with Gasteiger partial charge in [-0.15, -0.1) is 0 Å². The lowest BCUT2D eigenvalue weighted by atomic mass is 10.2. The van der Waals surface area contributed by atoms with Gasteiger partial charge in [0.2, 0.25) is 0 Å². The molecule has 0 aliphatic carbocycles. The molecular weight excluding hydrogens is 268 g/mol. The molecule has 0 bridgehead atoms. The standard InChI is InChI=1S/C15H20N4O2/c1-11-6-4-5-7-13(11)21-9-8-18(2)15(20)14-12(16)10-17-19(14)3/h4-7,10H,8-9,16H2,1-3H3. The first-order valence-corrected chi connectivity index (χ1v) is 6.72. The van der Waals surface area contributed by atoms with Crippen molar-refractivity contribution in [3.63, 3.8) is 0 Å². The predicted molar refractivity (Wildman–Crippen MR) is 81.3 cm³/mol. The third kappa shape index (κ3) is 3.34. The summed E-state index contributed by atoms with van der Waals surface area (Å²) in [6, 6.07) is 7.79. The number of nitrogens with zero attached hydrogens (tertiary/aromatic N) is 3. The van der Waals surface area contributed by atoms with Crippen LogP contribution in [0.25, 0.3) is 0 Å². The molecule has 0 saturated heterocycles. The first kappa shape index (κ1) is 14.9. The summed E-state index contributed by atoms with van der Waals surface area (Å²) in [6.45, 7) is 2.88. The number of anilines is 1. The molecule has 1 aromatic carbocycles. The van der Waals surface area contributed by atoms with Gasteiger partial charge >= 0.3 is 0 Å². The van der Waals surface area contributed by atoms with Gasteiger partial charge in [0.1, 0.15) is 18.1 Å². The van der Waals surface area contributed by atoms with E-state index in [-0.39, 0.29) is 5.91 Å². The fourth-order valence-corrected chi connectivity index (χ4v) is 2.01. The van der Waals surface area contributed by atoms with Gasteiger partial charge < -0.3 is 15.4 Å². The van der Waals surface area contributed by atoms with E-state index < -0.39 is 0 Å². The summed E-state index contributed by atoms with van der Waals surface area (Å²) in [4.78, 5) is 13.9. The Bertz CT molecular complexity index is 617. The Hall–Kier alpha value is -2.50. The number of carbonyl (C=O) groups excluding carboxylic acids is 1. The van der Waals surface area contributed by atoms with E-state index in [4.69, 9.17) is 10.5 Å². The maximum Gasteiger partial charge on any atom is 0.274 e. The third-order valence-electron chi connectivity index (χ3n) is 3.29. The fraction of sp³-hybridized carbons (Fsp3) is 0.333. The number of nitrogen functional groups attached to an aromatic ring is 1. The minimum absolute atomic E-state index is 0.166. The van der Waals surface area contributed by atoms with Gasteiger partial charge in [0.25, 0.3) is 5.91 Å². The summed E-state index contributed by atoms with van der Waals surface area (Å²) < 4.78 is 7.17. The summed E-state index contributed by atoms with van der Waals surface area (Å²) >= 11 is 0. The molecule has 0 atom stereocenters. The highest BCUT2D eigenvalue weighted by atomic mass is 16.5.